The van der Waals surface area contributed by atoms with Crippen molar-refractivity contribution in [3.8, 4) is 0 Å². The molecule has 0 aromatic carbocycles. The number of nitrogens with two attached hydrogens (primary N) is 1. The Morgan fingerprint density at radius 2 is 2.44 bits per heavy atom. The minimum absolute atomic E-state index is 0.0694. The van der Waals surface area contributed by atoms with Gasteiger partial charge in [-0.3, -0.25) is 4.79 Å². The Bertz CT molecular complexity index is 90.6. The van der Waals surface area contributed by atoms with Crippen molar-refractivity contribution in [2.24, 2.45) is 5.73 Å². The van der Waals surface area contributed by atoms with Crippen molar-refractivity contribution >= 4 is 13.5 Å². The Labute approximate surface area is 53.6 Å². The first-order valence-corrected chi connectivity index (χ1v) is 2.73. The highest BCUT2D eigenvalue weighted by Gasteiger charge is 1.97. The fraction of sp³-hybridized carbons (Fsp3) is 0.750. The molecular formula is C4H9BFNO2. The number of hydrogen-bond donors (Lipinski definition) is 1. The molecule has 0 aromatic heterocycles. The molecule has 9 heavy (non-hydrogen) atoms. The lowest BCUT2D eigenvalue weighted by Gasteiger charge is -1.93. The van der Waals surface area contributed by atoms with Gasteiger partial charge in [0.2, 0.25) is 0 Å². The SMILES string of the molecule is NCOBCCC(=O)F. The Kier molecular flexibility index (Phi) is 5.45. The van der Waals surface area contributed by atoms with E-state index in [1.165, 1.54) is 0 Å². The summed E-state index contributed by atoms with van der Waals surface area (Å²) in [5.74, 6) is 0. The molecule has 0 atom stereocenters. The van der Waals surface area contributed by atoms with Gasteiger partial charge in [-0.2, -0.15) is 4.39 Å². The molecule has 0 heterocycles. The van der Waals surface area contributed by atoms with Gasteiger partial charge in [0, 0.05) is 6.42 Å². The second-order valence-corrected chi connectivity index (χ2v) is 1.53. The minimum atomic E-state index is -1.30. The maximum atomic E-state index is 11.4. The van der Waals surface area contributed by atoms with Crippen molar-refractivity contribution in [2.75, 3.05) is 6.73 Å². The van der Waals surface area contributed by atoms with Gasteiger partial charge in [-0.05, 0) is 6.32 Å². The molecule has 0 fully saturated rings. The molecule has 0 aliphatic carbocycles. The molecule has 0 aromatic rings. The van der Waals surface area contributed by atoms with Crippen molar-refractivity contribution in [1.82, 2.24) is 0 Å². The largest absolute Gasteiger partial charge is 0.428 e. The predicted molar refractivity (Wildman–Crippen MR) is 32.8 cm³/mol. The third-order valence-corrected chi connectivity index (χ3v) is 0.780. The molecule has 0 aliphatic heterocycles. The summed E-state index contributed by atoms with van der Waals surface area (Å²) in [6.45, 7) is 0.125. The van der Waals surface area contributed by atoms with Crippen molar-refractivity contribution in [3.63, 3.8) is 0 Å². The van der Waals surface area contributed by atoms with E-state index in [1.807, 2.05) is 0 Å². The maximum Gasteiger partial charge on any atom is 0.300 e. The summed E-state index contributed by atoms with van der Waals surface area (Å²) < 4.78 is 16.0. The number of carbonyl (C=O) groups excluding carboxylic acids is 1. The summed E-state index contributed by atoms with van der Waals surface area (Å²) in [5.41, 5.74) is 4.94. The van der Waals surface area contributed by atoms with Gasteiger partial charge >= 0.3 is 6.04 Å². The van der Waals surface area contributed by atoms with Crippen LogP contribution in [0.5, 0.6) is 0 Å². The van der Waals surface area contributed by atoms with Crippen LogP contribution >= 0.6 is 0 Å². The molecular weight excluding hydrogens is 124 g/mol. The number of carbonyl (C=O) groups is 1. The van der Waals surface area contributed by atoms with Gasteiger partial charge in [-0.1, -0.05) is 0 Å². The van der Waals surface area contributed by atoms with Crippen LogP contribution in [-0.2, 0) is 9.45 Å². The van der Waals surface area contributed by atoms with E-state index in [1.54, 1.807) is 0 Å². The van der Waals surface area contributed by atoms with Crippen molar-refractivity contribution in [3.05, 3.63) is 0 Å². The fourth-order valence-corrected chi connectivity index (χ4v) is 0.397. The topological polar surface area (TPSA) is 52.3 Å². The van der Waals surface area contributed by atoms with E-state index in [2.05, 4.69) is 4.65 Å². The Hall–Kier alpha value is -0.415. The zero-order valence-electron chi connectivity index (χ0n) is 5.10. The van der Waals surface area contributed by atoms with E-state index in [0.29, 0.717) is 13.8 Å². The molecule has 0 radical (unpaired) electrons. The van der Waals surface area contributed by atoms with E-state index in [0.717, 1.165) is 0 Å². The first kappa shape index (κ1) is 8.58. The molecule has 0 saturated heterocycles. The third-order valence-electron chi connectivity index (χ3n) is 0.780. The highest BCUT2D eigenvalue weighted by atomic mass is 19.1. The van der Waals surface area contributed by atoms with Crippen molar-refractivity contribution < 1.29 is 13.8 Å². The van der Waals surface area contributed by atoms with Gasteiger partial charge < -0.3 is 10.4 Å². The van der Waals surface area contributed by atoms with E-state index in [9.17, 15) is 9.18 Å². The second-order valence-electron chi connectivity index (χ2n) is 1.53. The normalized spacial score (nSPS) is 9.11. The quantitative estimate of drug-likeness (QED) is 0.239. The van der Waals surface area contributed by atoms with Gasteiger partial charge in [0.15, 0.2) is 0 Å². The predicted octanol–water partition coefficient (Wildman–Crippen LogP) is -0.425. The van der Waals surface area contributed by atoms with Crippen LogP contribution in [0.15, 0.2) is 0 Å². The first-order valence-electron chi connectivity index (χ1n) is 2.73. The molecule has 0 rings (SSSR count). The lowest BCUT2D eigenvalue weighted by molar-refractivity contribution is -0.128. The summed E-state index contributed by atoms with van der Waals surface area (Å²) in [6, 6.07) is -1.30. The summed E-state index contributed by atoms with van der Waals surface area (Å²) in [7, 11) is 0.353. The Morgan fingerprint density at radius 1 is 1.78 bits per heavy atom. The fourth-order valence-electron chi connectivity index (χ4n) is 0.397. The van der Waals surface area contributed by atoms with Gasteiger partial charge in [0.1, 0.15) is 0 Å². The zero-order chi connectivity index (χ0) is 7.11. The minimum Gasteiger partial charge on any atom is -0.428 e. The molecule has 2 N–H and O–H groups in total. The average Bonchev–Trinajstić information content (AvgIpc) is 1.80. The summed E-state index contributed by atoms with van der Waals surface area (Å²) in [4.78, 5) is 9.65. The average molecular weight is 133 g/mol. The van der Waals surface area contributed by atoms with Crippen LogP contribution in [-0.4, -0.2) is 20.3 Å². The van der Waals surface area contributed by atoms with Crippen LogP contribution in [0.3, 0.4) is 0 Å². The van der Waals surface area contributed by atoms with Crippen molar-refractivity contribution in [1.29, 1.82) is 0 Å². The smallest absolute Gasteiger partial charge is 0.300 e. The van der Waals surface area contributed by atoms with E-state index in [4.69, 9.17) is 5.73 Å². The molecule has 0 bridgehead atoms. The highest BCUT2D eigenvalue weighted by Crippen LogP contribution is 1.90. The molecule has 0 unspecified atom stereocenters. The number of rotatable bonds is 5. The second kappa shape index (κ2) is 5.72. The lowest BCUT2D eigenvalue weighted by atomic mass is 9.93. The molecule has 0 spiro atoms. The van der Waals surface area contributed by atoms with Crippen LogP contribution in [0.2, 0.25) is 6.32 Å². The van der Waals surface area contributed by atoms with Crippen LogP contribution in [0.25, 0.3) is 0 Å². The standard InChI is InChI=1S/C4H9BFNO2/c6-4(8)1-2-5-9-3-7/h5H,1-3,7H2. The Morgan fingerprint density at radius 3 is 2.89 bits per heavy atom. The van der Waals surface area contributed by atoms with Gasteiger partial charge in [0.05, 0.1) is 6.73 Å². The number of halogens is 1. The molecule has 5 heteroatoms. The van der Waals surface area contributed by atoms with Crippen LogP contribution in [0.1, 0.15) is 6.42 Å². The van der Waals surface area contributed by atoms with Crippen LogP contribution < -0.4 is 5.73 Å². The highest BCUT2D eigenvalue weighted by molar-refractivity contribution is 6.27. The van der Waals surface area contributed by atoms with Gasteiger partial charge in [-0.15, -0.1) is 0 Å². The van der Waals surface area contributed by atoms with Gasteiger partial charge in [-0.25, -0.2) is 0 Å². The maximum absolute atomic E-state index is 11.4. The Balaban J connectivity index is 2.83. The lowest BCUT2D eigenvalue weighted by Crippen LogP contribution is -2.08. The molecule has 3 nitrogen and oxygen atoms in total. The molecule has 0 aliphatic rings. The van der Waals surface area contributed by atoms with Crippen LogP contribution in [0.4, 0.5) is 4.39 Å². The van der Waals surface area contributed by atoms with E-state index < -0.39 is 6.04 Å². The monoisotopic (exact) mass is 133 g/mol. The third kappa shape index (κ3) is 7.58. The van der Waals surface area contributed by atoms with E-state index >= 15 is 0 Å². The summed E-state index contributed by atoms with van der Waals surface area (Å²) in [6.07, 6.45) is 0.340. The zero-order valence-corrected chi connectivity index (χ0v) is 5.10. The molecule has 0 amide bonds. The van der Waals surface area contributed by atoms with Gasteiger partial charge in [0.25, 0.3) is 7.48 Å². The van der Waals surface area contributed by atoms with E-state index in [-0.39, 0.29) is 13.2 Å². The molecule has 52 valence electrons. The summed E-state index contributed by atoms with van der Waals surface area (Å²) in [5, 5.41) is 0. The summed E-state index contributed by atoms with van der Waals surface area (Å²) >= 11 is 0. The van der Waals surface area contributed by atoms with Crippen molar-refractivity contribution in [2.45, 2.75) is 12.7 Å². The first-order chi connectivity index (χ1) is 4.27. The molecule has 0 saturated carbocycles. The van der Waals surface area contributed by atoms with Crippen LogP contribution in [0, 0.1) is 0 Å². The number of hydrogen-bond acceptors (Lipinski definition) is 3.